The molecule has 0 bridgehead atoms. The Kier molecular flexibility index (Phi) is 3.50. The molecule has 0 radical (unpaired) electrons. The Morgan fingerprint density at radius 1 is 1.33 bits per heavy atom. The zero-order valence-electron chi connectivity index (χ0n) is 10.1. The number of carbonyl (C=O) groups excluding carboxylic acids is 1. The summed E-state index contributed by atoms with van der Waals surface area (Å²) in [6, 6.07) is 5.99. The summed E-state index contributed by atoms with van der Waals surface area (Å²) >= 11 is 0. The smallest absolute Gasteiger partial charge is 0.326 e. The van der Waals surface area contributed by atoms with Crippen molar-refractivity contribution in [1.29, 1.82) is 0 Å². The molecule has 0 spiro atoms. The summed E-state index contributed by atoms with van der Waals surface area (Å²) in [5.41, 5.74) is 0.490. The second-order valence-electron chi connectivity index (χ2n) is 4.22. The molecule has 1 heterocycles. The van der Waals surface area contributed by atoms with Gasteiger partial charge in [-0.05, 0) is 37.1 Å². The lowest BCUT2D eigenvalue weighted by Gasteiger charge is -2.21. The highest BCUT2D eigenvalue weighted by molar-refractivity contribution is 5.97. The van der Waals surface area contributed by atoms with Gasteiger partial charge in [-0.2, -0.15) is 0 Å². The molecule has 1 N–H and O–H groups in total. The number of benzene rings is 1. The average molecular weight is 249 g/mol. The molecular weight excluding hydrogens is 234 g/mol. The Morgan fingerprint density at radius 3 is 2.56 bits per heavy atom. The van der Waals surface area contributed by atoms with Gasteiger partial charge in [-0.15, -0.1) is 0 Å². The zero-order chi connectivity index (χ0) is 13.1. The molecule has 2 rings (SSSR count). The molecule has 0 aliphatic carbocycles. The van der Waals surface area contributed by atoms with Crippen LogP contribution in [0.2, 0.25) is 0 Å². The number of nitrogens with zero attached hydrogens (tertiary/aromatic N) is 1. The Hall–Kier alpha value is -2.04. The summed E-state index contributed by atoms with van der Waals surface area (Å²) in [6.45, 7) is 0.502. The number of aliphatic carboxylic acids is 1. The molecule has 0 unspecified atom stereocenters. The van der Waals surface area contributed by atoms with Crippen molar-refractivity contribution in [3.05, 3.63) is 29.8 Å². The fourth-order valence-electron chi connectivity index (χ4n) is 2.17. The number of carbonyl (C=O) groups is 2. The number of carboxylic acids is 1. The summed E-state index contributed by atoms with van der Waals surface area (Å²) in [7, 11) is 1.55. The van der Waals surface area contributed by atoms with Gasteiger partial charge in [0.25, 0.3) is 5.91 Å². The van der Waals surface area contributed by atoms with Gasteiger partial charge in [-0.1, -0.05) is 0 Å². The van der Waals surface area contributed by atoms with Gasteiger partial charge in [-0.3, -0.25) is 4.79 Å². The molecule has 96 valence electrons. The Balaban J connectivity index is 2.17. The van der Waals surface area contributed by atoms with Crippen LogP contribution in [0.5, 0.6) is 5.75 Å². The van der Waals surface area contributed by atoms with Gasteiger partial charge < -0.3 is 14.7 Å². The SMILES string of the molecule is COc1ccc(C(=O)N2CCC[C@H]2C(=O)O)cc1. The summed E-state index contributed by atoms with van der Waals surface area (Å²) in [6.07, 6.45) is 1.26. The highest BCUT2D eigenvalue weighted by Gasteiger charge is 2.34. The van der Waals surface area contributed by atoms with Crippen LogP contribution in [0, 0.1) is 0 Å². The third-order valence-electron chi connectivity index (χ3n) is 3.14. The number of amides is 1. The number of hydrogen-bond acceptors (Lipinski definition) is 3. The van der Waals surface area contributed by atoms with Crippen molar-refractivity contribution >= 4 is 11.9 Å². The highest BCUT2D eigenvalue weighted by Crippen LogP contribution is 2.21. The Morgan fingerprint density at radius 2 is 2.00 bits per heavy atom. The lowest BCUT2D eigenvalue weighted by molar-refractivity contribution is -0.141. The molecule has 1 saturated heterocycles. The average Bonchev–Trinajstić information content (AvgIpc) is 2.87. The van der Waals surface area contributed by atoms with E-state index in [1.165, 1.54) is 4.90 Å². The number of hydrogen-bond donors (Lipinski definition) is 1. The number of ether oxygens (including phenoxy) is 1. The van der Waals surface area contributed by atoms with E-state index in [0.29, 0.717) is 24.3 Å². The molecule has 5 heteroatoms. The van der Waals surface area contributed by atoms with E-state index in [4.69, 9.17) is 9.84 Å². The van der Waals surface area contributed by atoms with Crippen LogP contribution in [0.4, 0.5) is 0 Å². The topological polar surface area (TPSA) is 66.8 Å². The predicted octanol–water partition coefficient (Wildman–Crippen LogP) is 1.38. The van der Waals surface area contributed by atoms with Crippen molar-refractivity contribution in [3.8, 4) is 5.75 Å². The van der Waals surface area contributed by atoms with Crippen LogP contribution in [0.1, 0.15) is 23.2 Å². The number of likely N-dealkylation sites (tertiary alicyclic amines) is 1. The van der Waals surface area contributed by atoms with Gasteiger partial charge in [0.2, 0.25) is 0 Å². The molecule has 5 nitrogen and oxygen atoms in total. The first-order valence-electron chi connectivity index (χ1n) is 5.81. The van der Waals surface area contributed by atoms with Gasteiger partial charge in [0.05, 0.1) is 7.11 Å². The van der Waals surface area contributed by atoms with Gasteiger partial charge in [0.15, 0.2) is 0 Å². The minimum atomic E-state index is -0.936. The van der Waals surface area contributed by atoms with E-state index in [1.807, 2.05) is 0 Å². The molecule has 1 aromatic carbocycles. The first-order chi connectivity index (χ1) is 8.63. The lowest BCUT2D eigenvalue weighted by Crippen LogP contribution is -2.40. The fourth-order valence-corrected chi connectivity index (χ4v) is 2.17. The van der Waals surface area contributed by atoms with Gasteiger partial charge in [0.1, 0.15) is 11.8 Å². The normalized spacial score (nSPS) is 18.7. The molecule has 1 aliphatic rings. The molecule has 1 aromatic rings. The third kappa shape index (κ3) is 2.30. The summed E-state index contributed by atoms with van der Waals surface area (Å²) in [5.74, 6) is -0.500. The zero-order valence-corrected chi connectivity index (χ0v) is 10.1. The summed E-state index contributed by atoms with van der Waals surface area (Å²) in [4.78, 5) is 24.6. The van der Waals surface area contributed by atoms with Gasteiger partial charge in [0, 0.05) is 12.1 Å². The van der Waals surface area contributed by atoms with E-state index in [-0.39, 0.29) is 5.91 Å². The van der Waals surface area contributed by atoms with E-state index in [2.05, 4.69) is 0 Å². The Labute approximate surface area is 105 Å². The van der Waals surface area contributed by atoms with Crippen molar-refractivity contribution in [2.45, 2.75) is 18.9 Å². The van der Waals surface area contributed by atoms with Crippen LogP contribution in [-0.2, 0) is 4.79 Å². The number of carboxylic acid groups (broad SMARTS) is 1. The molecule has 1 fully saturated rings. The highest BCUT2D eigenvalue weighted by atomic mass is 16.5. The van der Waals surface area contributed by atoms with Gasteiger partial charge in [-0.25, -0.2) is 4.79 Å². The van der Waals surface area contributed by atoms with Crippen LogP contribution in [0.25, 0.3) is 0 Å². The maximum atomic E-state index is 12.2. The molecule has 18 heavy (non-hydrogen) atoms. The molecule has 1 aliphatic heterocycles. The molecule has 1 amide bonds. The largest absolute Gasteiger partial charge is 0.497 e. The molecular formula is C13H15NO4. The van der Waals surface area contributed by atoms with Crippen molar-refractivity contribution in [3.63, 3.8) is 0 Å². The third-order valence-corrected chi connectivity index (χ3v) is 3.14. The van der Waals surface area contributed by atoms with Crippen LogP contribution < -0.4 is 4.74 Å². The maximum Gasteiger partial charge on any atom is 0.326 e. The first kappa shape index (κ1) is 12.4. The molecule has 0 saturated carbocycles. The van der Waals surface area contributed by atoms with Crippen molar-refractivity contribution in [1.82, 2.24) is 4.90 Å². The van der Waals surface area contributed by atoms with Crippen molar-refractivity contribution in [2.75, 3.05) is 13.7 Å². The van der Waals surface area contributed by atoms with Crippen LogP contribution >= 0.6 is 0 Å². The monoisotopic (exact) mass is 249 g/mol. The standard InChI is InChI=1S/C13H15NO4/c1-18-10-6-4-9(5-7-10)12(15)14-8-2-3-11(14)13(16)17/h4-7,11H,2-3,8H2,1H3,(H,16,17)/t11-/m0/s1. The minimum absolute atomic E-state index is 0.234. The summed E-state index contributed by atoms with van der Waals surface area (Å²) < 4.78 is 5.01. The van der Waals surface area contributed by atoms with E-state index in [0.717, 1.165) is 6.42 Å². The first-order valence-corrected chi connectivity index (χ1v) is 5.81. The van der Waals surface area contributed by atoms with Crippen molar-refractivity contribution < 1.29 is 19.4 Å². The van der Waals surface area contributed by atoms with E-state index in [9.17, 15) is 9.59 Å². The minimum Gasteiger partial charge on any atom is -0.497 e. The molecule has 1 atom stereocenters. The van der Waals surface area contributed by atoms with Gasteiger partial charge >= 0.3 is 5.97 Å². The molecule has 0 aromatic heterocycles. The van der Waals surface area contributed by atoms with Crippen molar-refractivity contribution in [2.24, 2.45) is 0 Å². The fraction of sp³-hybridized carbons (Fsp3) is 0.385. The van der Waals surface area contributed by atoms with Crippen LogP contribution in [0.15, 0.2) is 24.3 Å². The predicted molar refractivity (Wildman–Crippen MR) is 64.7 cm³/mol. The Bertz CT molecular complexity index is 455. The van der Waals surface area contributed by atoms with Crippen LogP contribution in [-0.4, -0.2) is 41.6 Å². The van der Waals surface area contributed by atoms with Crippen LogP contribution in [0.3, 0.4) is 0 Å². The quantitative estimate of drug-likeness (QED) is 0.879. The summed E-state index contributed by atoms with van der Waals surface area (Å²) in [5, 5.41) is 9.05. The number of rotatable bonds is 3. The second kappa shape index (κ2) is 5.08. The van der Waals surface area contributed by atoms with E-state index >= 15 is 0 Å². The van der Waals surface area contributed by atoms with E-state index in [1.54, 1.807) is 31.4 Å². The maximum absolute atomic E-state index is 12.2. The second-order valence-corrected chi connectivity index (χ2v) is 4.22. The van der Waals surface area contributed by atoms with E-state index < -0.39 is 12.0 Å². The number of methoxy groups -OCH3 is 1. The lowest BCUT2D eigenvalue weighted by atomic mass is 10.1.